The third-order valence-electron chi connectivity index (χ3n) is 3.21. The zero-order valence-electron chi connectivity index (χ0n) is 11.7. The molecule has 0 saturated carbocycles. The van der Waals surface area contributed by atoms with Gasteiger partial charge in [-0.3, -0.25) is 0 Å². The number of hydrogen-bond acceptors (Lipinski definition) is 2. The maximum atomic E-state index is 14.4. The summed E-state index contributed by atoms with van der Waals surface area (Å²) in [6, 6.07) is 9.66. The van der Waals surface area contributed by atoms with Gasteiger partial charge in [0.05, 0.1) is 10.5 Å². The van der Waals surface area contributed by atoms with Gasteiger partial charge >= 0.3 is 0 Å². The minimum absolute atomic E-state index is 0.0715. The molecule has 0 spiro atoms. The van der Waals surface area contributed by atoms with Crippen molar-refractivity contribution in [3.8, 4) is 0 Å². The predicted octanol–water partition coefficient (Wildman–Crippen LogP) is 5.30. The van der Waals surface area contributed by atoms with Crippen LogP contribution in [-0.4, -0.2) is 6.54 Å². The molecule has 0 amide bonds. The van der Waals surface area contributed by atoms with Crippen LogP contribution in [0.2, 0.25) is 0 Å². The van der Waals surface area contributed by atoms with Crippen LogP contribution in [0, 0.1) is 5.82 Å². The van der Waals surface area contributed by atoms with E-state index in [1.165, 1.54) is 9.75 Å². The van der Waals surface area contributed by atoms with E-state index in [2.05, 4.69) is 47.2 Å². The zero-order valence-corrected chi connectivity index (χ0v) is 14.2. The molecule has 1 atom stereocenters. The highest BCUT2D eigenvalue weighted by molar-refractivity contribution is 9.10. The highest BCUT2D eigenvalue weighted by atomic mass is 79.9. The molecule has 0 bridgehead atoms. The SMILES string of the molecule is CCCNC(c1ccc(CC)s1)c1cccc(Br)c1F. The fraction of sp³-hybridized carbons (Fsp3) is 0.375. The smallest absolute Gasteiger partial charge is 0.142 e. The average molecular weight is 356 g/mol. The molecule has 0 aliphatic rings. The van der Waals surface area contributed by atoms with E-state index in [0.29, 0.717) is 10.0 Å². The molecule has 1 unspecified atom stereocenters. The summed E-state index contributed by atoms with van der Waals surface area (Å²) < 4.78 is 14.9. The van der Waals surface area contributed by atoms with Gasteiger partial charge in [-0.05, 0) is 53.5 Å². The van der Waals surface area contributed by atoms with Crippen molar-refractivity contribution in [1.29, 1.82) is 0 Å². The van der Waals surface area contributed by atoms with Crippen molar-refractivity contribution in [2.45, 2.75) is 32.7 Å². The van der Waals surface area contributed by atoms with Crippen molar-refractivity contribution in [3.05, 3.63) is 55.9 Å². The van der Waals surface area contributed by atoms with Crippen LogP contribution in [-0.2, 0) is 6.42 Å². The normalized spacial score (nSPS) is 12.6. The molecular formula is C16H19BrFNS. The van der Waals surface area contributed by atoms with Crippen molar-refractivity contribution in [3.63, 3.8) is 0 Å². The Labute approximate surface area is 132 Å². The van der Waals surface area contributed by atoms with E-state index in [4.69, 9.17) is 0 Å². The van der Waals surface area contributed by atoms with Gasteiger partial charge in [-0.25, -0.2) is 4.39 Å². The Kier molecular flexibility index (Phi) is 5.75. The fourth-order valence-electron chi connectivity index (χ4n) is 2.14. The largest absolute Gasteiger partial charge is 0.306 e. The molecule has 0 fully saturated rings. The summed E-state index contributed by atoms with van der Waals surface area (Å²) >= 11 is 5.03. The maximum absolute atomic E-state index is 14.4. The van der Waals surface area contributed by atoms with Crippen LogP contribution in [0.3, 0.4) is 0 Å². The molecule has 1 nitrogen and oxygen atoms in total. The quantitative estimate of drug-likeness (QED) is 0.741. The van der Waals surface area contributed by atoms with E-state index in [1.807, 2.05) is 12.1 Å². The van der Waals surface area contributed by atoms with Crippen LogP contribution >= 0.6 is 27.3 Å². The van der Waals surface area contributed by atoms with Crippen molar-refractivity contribution >= 4 is 27.3 Å². The monoisotopic (exact) mass is 355 g/mol. The summed E-state index contributed by atoms with van der Waals surface area (Å²) in [6.07, 6.45) is 2.05. The van der Waals surface area contributed by atoms with Crippen molar-refractivity contribution < 1.29 is 4.39 Å². The van der Waals surface area contributed by atoms with Crippen LogP contribution in [0.1, 0.15) is 41.6 Å². The second kappa shape index (κ2) is 7.34. The Bertz CT molecular complexity index is 567. The molecule has 1 aromatic heterocycles. The Morgan fingerprint density at radius 1 is 1.25 bits per heavy atom. The van der Waals surface area contributed by atoms with Gasteiger partial charge in [-0.2, -0.15) is 0 Å². The standard InChI is InChI=1S/C16H19BrFNS/c1-3-10-19-16(14-9-8-11(4-2)20-14)12-6-5-7-13(17)15(12)18/h5-9,16,19H,3-4,10H2,1-2H3. The first-order chi connectivity index (χ1) is 9.67. The molecule has 4 heteroatoms. The highest BCUT2D eigenvalue weighted by Crippen LogP contribution is 2.32. The number of thiophene rings is 1. The van der Waals surface area contributed by atoms with Gasteiger partial charge in [0.25, 0.3) is 0 Å². The zero-order chi connectivity index (χ0) is 14.5. The predicted molar refractivity (Wildman–Crippen MR) is 87.9 cm³/mol. The topological polar surface area (TPSA) is 12.0 Å². The highest BCUT2D eigenvalue weighted by Gasteiger charge is 2.20. The van der Waals surface area contributed by atoms with Crippen molar-refractivity contribution in [2.24, 2.45) is 0 Å². The number of halogens is 2. The fourth-order valence-corrected chi connectivity index (χ4v) is 3.56. The van der Waals surface area contributed by atoms with Gasteiger partial charge in [0, 0.05) is 15.3 Å². The number of rotatable bonds is 6. The minimum atomic E-state index is -0.174. The third-order valence-corrected chi connectivity index (χ3v) is 5.11. The summed E-state index contributed by atoms with van der Waals surface area (Å²) in [4.78, 5) is 2.51. The molecule has 0 radical (unpaired) electrons. The van der Waals surface area contributed by atoms with Crippen LogP contribution in [0.25, 0.3) is 0 Å². The first kappa shape index (κ1) is 15.7. The molecule has 2 aromatic rings. The molecule has 2 rings (SSSR count). The molecule has 1 heterocycles. The van der Waals surface area contributed by atoms with Crippen LogP contribution < -0.4 is 5.32 Å². The summed E-state index contributed by atoms with van der Waals surface area (Å²) in [6.45, 7) is 5.13. The average Bonchev–Trinajstić information content (AvgIpc) is 2.92. The third kappa shape index (κ3) is 3.48. The van der Waals surface area contributed by atoms with Gasteiger partial charge < -0.3 is 5.32 Å². The van der Waals surface area contributed by atoms with Gasteiger partial charge in [0.15, 0.2) is 0 Å². The lowest BCUT2D eigenvalue weighted by Crippen LogP contribution is -2.23. The molecule has 0 saturated heterocycles. The van der Waals surface area contributed by atoms with E-state index in [9.17, 15) is 4.39 Å². The maximum Gasteiger partial charge on any atom is 0.142 e. The van der Waals surface area contributed by atoms with E-state index in [0.717, 1.165) is 19.4 Å². The molecule has 20 heavy (non-hydrogen) atoms. The number of aryl methyl sites for hydroxylation is 1. The number of nitrogens with one attached hydrogen (secondary N) is 1. The molecular weight excluding hydrogens is 337 g/mol. The molecule has 0 aliphatic carbocycles. The summed E-state index contributed by atoms with van der Waals surface area (Å²) in [5.74, 6) is -0.174. The van der Waals surface area contributed by atoms with Crippen LogP contribution in [0.15, 0.2) is 34.8 Å². The molecule has 0 aliphatic heterocycles. The van der Waals surface area contributed by atoms with Crippen LogP contribution in [0.4, 0.5) is 4.39 Å². The molecule has 1 aromatic carbocycles. The van der Waals surface area contributed by atoms with Gasteiger partial charge in [-0.1, -0.05) is 26.0 Å². The van der Waals surface area contributed by atoms with Gasteiger partial charge in [0.1, 0.15) is 5.82 Å². The van der Waals surface area contributed by atoms with Crippen molar-refractivity contribution in [1.82, 2.24) is 5.32 Å². The van der Waals surface area contributed by atoms with Gasteiger partial charge in [-0.15, -0.1) is 11.3 Å². The first-order valence-corrected chi connectivity index (χ1v) is 8.54. The minimum Gasteiger partial charge on any atom is -0.306 e. The molecule has 1 N–H and O–H groups in total. The van der Waals surface area contributed by atoms with Crippen LogP contribution in [0.5, 0.6) is 0 Å². The Hall–Kier alpha value is -0.710. The molecule has 108 valence electrons. The second-order valence-corrected chi connectivity index (χ2v) is 6.74. The Morgan fingerprint density at radius 3 is 2.70 bits per heavy atom. The van der Waals surface area contributed by atoms with Crippen molar-refractivity contribution in [2.75, 3.05) is 6.54 Å². The summed E-state index contributed by atoms with van der Waals surface area (Å²) in [7, 11) is 0. The lowest BCUT2D eigenvalue weighted by Gasteiger charge is -2.19. The lowest BCUT2D eigenvalue weighted by atomic mass is 10.0. The number of hydrogen-bond donors (Lipinski definition) is 1. The second-order valence-electron chi connectivity index (χ2n) is 4.69. The Morgan fingerprint density at radius 2 is 2.05 bits per heavy atom. The lowest BCUT2D eigenvalue weighted by molar-refractivity contribution is 0.547. The van der Waals surface area contributed by atoms with E-state index in [1.54, 1.807) is 17.4 Å². The summed E-state index contributed by atoms with van der Waals surface area (Å²) in [5.41, 5.74) is 0.706. The van der Waals surface area contributed by atoms with Gasteiger partial charge in [0.2, 0.25) is 0 Å². The first-order valence-electron chi connectivity index (χ1n) is 6.93. The summed E-state index contributed by atoms with van der Waals surface area (Å²) in [5, 5.41) is 3.46. The van der Waals surface area contributed by atoms with E-state index in [-0.39, 0.29) is 11.9 Å². The van der Waals surface area contributed by atoms with E-state index < -0.39 is 0 Å². The number of benzene rings is 1. The Balaban J connectivity index is 2.38. The van der Waals surface area contributed by atoms with E-state index >= 15 is 0 Å².